The van der Waals surface area contributed by atoms with Crippen LogP contribution in [0.2, 0.25) is 0 Å². The van der Waals surface area contributed by atoms with Crippen molar-refractivity contribution in [3.8, 4) is 0 Å². The average Bonchev–Trinajstić information content (AvgIpc) is 2.36. The number of halogens is 2. The fourth-order valence-electron chi connectivity index (χ4n) is 2.01. The fraction of sp³-hybridized carbons (Fsp3) is 0.438. The van der Waals surface area contributed by atoms with Crippen molar-refractivity contribution in [2.45, 2.75) is 39.5 Å². The Morgan fingerprint density at radius 3 is 2.55 bits per heavy atom. The van der Waals surface area contributed by atoms with Gasteiger partial charge in [-0.1, -0.05) is 27.7 Å². The van der Waals surface area contributed by atoms with Crippen molar-refractivity contribution >= 4 is 32.5 Å². The summed E-state index contributed by atoms with van der Waals surface area (Å²) in [6.45, 7) is 9.34. The summed E-state index contributed by atoms with van der Waals surface area (Å²) in [7, 11) is 0. The molecule has 2 aromatic rings. The number of benzene rings is 1. The van der Waals surface area contributed by atoms with Crippen LogP contribution in [0, 0.1) is 5.82 Å². The van der Waals surface area contributed by atoms with E-state index in [0.29, 0.717) is 9.99 Å². The molecule has 0 unspecified atom stereocenters. The van der Waals surface area contributed by atoms with Gasteiger partial charge >= 0.3 is 0 Å². The molecule has 1 aromatic carbocycles. The van der Waals surface area contributed by atoms with Crippen LogP contribution in [0.15, 0.2) is 22.7 Å². The highest BCUT2D eigenvalue weighted by Crippen LogP contribution is 2.32. The average molecular weight is 339 g/mol. The van der Waals surface area contributed by atoms with Crippen LogP contribution in [-0.2, 0) is 5.41 Å². The summed E-state index contributed by atoms with van der Waals surface area (Å²) >= 11 is 3.25. The molecule has 1 heterocycles. The number of nitrogens with zero attached hydrogens (tertiary/aromatic N) is 1. The van der Waals surface area contributed by atoms with Gasteiger partial charge in [0.05, 0.1) is 9.99 Å². The molecule has 2 nitrogen and oxygen atoms in total. The zero-order valence-electron chi connectivity index (χ0n) is 12.3. The molecule has 0 saturated carbocycles. The first-order valence-electron chi connectivity index (χ1n) is 6.87. The lowest BCUT2D eigenvalue weighted by Crippen LogP contribution is -2.14. The van der Waals surface area contributed by atoms with E-state index in [1.165, 1.54) is 6.07 Å². The minimum atomic E-state index is -0.280. The maximum absolute atomic E-state index is 13.8. The monoisotopic (exact) mass is 338 g/mol. The van der Waals surface area contributed by atoms with Crippen molar-refractivity contribution in [2.75, 3.05) is 11.9 Å². The highest BCUT2D eigenvalue weighted by Gasteiger charge is 2.18. The molecule has 0 bridgehead atoms. The summed E-state index contributed by atoms with van der Waals surface area (Å²) in [5, 5.41) is 4.36. The Morgan fingerprint density at radius 2 is 1.95 bits per heavy atom. The second kappa shape index (κ2) is 5.68. The Kier molecular flexibility index (Phi) is 4.33. The van der Waals surface area contributed by atoms with Gasteiger partial charge in [-0.3, -0.25) is 4.98 Å². The minimum Gasteiger partial charge on any atom is -0.384 e. The van der Waals surface area contributed by atoms with E-state index in [4.69, 9.17) is 0 Å². The van der Waals surface area contributed by atoms with Gasteiger partial charge in [-0.05, 0) is 34.5 Å². The molecule has 0 fully saturated rings. The SMILES string of the molecule is CCCNc1cc(C(C)(C)C)nc2cc(F)c(Br)cc12. The Hall–Kier alpha value is -1.16. The quantitative estimate of drug-likeness (QED) is 0.825. The van der Waals surface area contributed by atoms with Crippen LogP contribution < -0.4 is 5.32 Å². The lowest BCUT2D eigenvalue weighted by molar-refractivity contribution is 0.571. The van der Waals surface area contributed by atoms with Crippen LogP contribution >= 0.6 is 15.9 Å². The number of fused-ring (bicyclic) bond motifs is 1. The predicted molar refractivity (Wildman–Crippen MR) is 86.9 cm³/mol. The van der Waals surface area contributed by atoms with E-state index in [9.17, 15) is 4.39 Å². The van der Waals surface area contributed by atoms with Crippen molar-refractivity contribution in [2.24, 2.45) is 0 Å². The maximum Gasteiger partial charge on any atom is 0.139 e. The maximum atomic E-state index is 13.8. The third kappa shape index (κ3) is 3.11. The van der Waals surface area contributed by atoms with Crippen LogP contribution in [-0.4, -0.2) is 11.5 Å². The number of nitrogens with one attached hydrogen (secondary N) is 1. The Bertz CT molecular complexity index is 632. The molecular weight excluding hydrogens is 319 g/mol. The van der Waals surface area contributed by atoms with Gasteiger partial charge in [-0.25, -0.2) is 4.39 Å². The molecule has 0 aliphatic carbocycles. The van der Waals surface area contributed by atoms with Gasteiger partial charge in [0.25, 0.3) is 0 Å². The number of pyridine rings is 1. The second-order valence-electron chi connectivity index (χ2n) is 6.02. The minimum absolute atomic E-state index is 0.0691. The summed E-state index contributed by atoms with van der Waals surface area (Å²) in [6, 6.07) is 5.36. The molecule has 0 amide bonds. The molecule has 2 rings (SSSR count). The van der Waals surface area contributed by atoms with Gasteiger partial charge in [-0.2, -0.15) is 0 Å². The summed E-state index contributed by atoms with van der Waals surface area (Å²) in [6.07, 6.45) is 1.04. The Labute approximate surface area is 127 Å². The molecule has 20 heavy (non-hydrogen) atoms. The van der Waals surface area contributed by atoms with Crippen LogP contribution in [0.4, 0.5) is 10.1 Å². The van der Waals surface area contributed by atoms with Gasteiger partial charge in [0, 0.05) is 34.8 Å². The van der Waals surface area contributed by atoms with E-state index in [2.05, 4.69) is 60.0 Å². The predicted octanol–water partition coefficient (Wildman–Crippen LogP) is 5.26. The lowest BCUT2D eigenvalue weighted by Gasteiger charge is -2.20. The Balaban J connectivity index is 2.68. The van der Waals surface area contributed by atoms with Gasteiger partial charge in [0.2, 0.25) is 0 Å². The third-order valence-electron chi connectivity index (χ3n) is 3.18. The van der Waals surface area contributed by atoms with Gasteiger partial charge in [-0.15, -0.1) is 0 Å². The zero-order valence-corrected chi connectivity index (χ0v) is 13.9. The number of hydrogen-bond donors (Lipinski definition) is 1. The number of anilines is 1. The molecule has 0 saturated heterocycles. The van der Waals surface area contributed by atoms with Crippen LogP contribution in [0.25, 0.3) is 10.9 Å². The van der Waals surface area contributed by atoms with E-state index >= 15 is 0 Å². The lowest BCUT2D eigenvalue weighted by atomic mass is 9.90. The number of aromatic nitrogens is 1. The fourth-order valence-corrected chi connectivity index (χ4v) is 2.35. The molecule has 0 spiro atoms. The zero-order chi connectivity index (χ0) is 14.9. The van der Waals surface area contributed by atoms with Crippen LogP contribution in [0.5, 0.6) is 0 Å². The van der Waals surface area contributed by atoms with E-state index < -0.39 is 0 Å². The first-order chi connectivity index (χ1) is 9.32. The third-order valence-corrected chi connectivity index (χ3v) is 3.79. The van der Waals surface area contributed by atoms with Crippen molar-refractivity contribution < 1.29 is 4.39 Å². The normalized spacial score (nSPS) is 11.9. The molecule has 0 aliphatic rings. The smallest absolute Gasteiger partial charge is 0.139 e. The van der Waals surface area contributed by atoms with E-state index in [-0.39, 0.29) is 11.2 Å². The first-order valence-corrected chi connectivity index (χ1v) is 7.66. The standard InChI is InChI=1S/C16H20BrFN2/c1-5-6-19-13-9-15(16(2,3)4)20-14-8-12(18)11(17)7-10(13)14/h7-9H,5-6H2,1-4H3,(H,19,20). The number of rotatable bonds is 3. The van der Waals surface area contributed by atoms with E-state index in [0.717, 1.165) is 29.7 Å². The summed E-state index contributed by atoms with van der Waals surface area (Å²) < 4.78 is 14.2. The molecule has 4 heteroatoms. The highest BCUT2D eigenvalue weighted by molar-refractivity contribution is 9.10. The molecule has 0 atom stereocenters. The van der Waals surface area contributed by atoms with Crippen LogP contribution in [0.3, 0.4) is 0 Å². The van der Waals surface area contributed by atoms with Crippen molar-refractivity contribution in [1.29, 1.82) is 0 Å². The highest BCUT2D eigenvalue weighted by atomic mass is 79.9. The largest absolute Gasteiger partial charge is 0.384 e. The van der Waals surface area contributed by atoms with Crippen LogP contribution in [0.1, 0.15) is 39.8 Å². The summed E-state index contributed by atoms with van der Waals surface area (Å²) in [4.78, 5) is 4.62. The molecule has 0 radical (unpaired) electrons. The van der Waals surface area contributed by atoms with Gasteiger partial charge < -0.3 is 5.32 Å². The van der Waals surface area contributed by atoms with Crippen molar-refractivity contribution in [1.82, 2.24) is 4.98 Å². The second-order valence-corrected chi connectivity index (χ2v) is 6.87. The first kappa shape index (κ1) is 15.2. The number of hydrogen-bond acceptors (Lipinski definition) is 2. The van der Waals surface area contributed by atoms with Crippen molar-refractivity contribution in [3.05, 3.63) is 34.2 Å². The van der Waals surface area contributed by atoms with Crippen molar-refractivity contribution in [3.63, 3.8) is 0 Å². The van der Waals surface area contributed by atoms with Gasteiger partial charge in [0.1, 0.15) is 5.82 Å². The Morgan fingerprint density at radius 1 is 1.25 bits per heavy atom. The van der Waals surface area contributed by atoms with Gasteiger partial charge in [0.15, 0.2) is 0 Å². The van der Waals surface area contributed by atoms with E-state index in [1.54, 1.807) is 6.07 Å². The molecule has 108 valence electrons. The van der Waals surface area contributed by atoms with E-state index in [1.807, 2.05) is 0 Å². The summed E-state index contributed by atoms with van der Waals surface area (Å²) in [5.41, 5.74) is 2.60. The molecular formula is C16H20BrFN2. The topological polar surface area (TPSA) is 24.9 Å². The molecule has 1 N–H and O–H groups in total. The molecule has 0 aliphatic heterocycles. The summed E-state index contributed by atoms with van der Waals surface area (Å²) in [5.74, 6) is -0.280. The molecule has 1 aromatic heterocycles.